The number of hydrogen-bond acceptors (Lipinski definition) is 3. The molecule has 0 spiro atoms. The van der Waals surface area contributed by atoms with Gasteiger partial charge in [-0.05, 0) is 48.9 Å². The van der Waals surface area contributed by atoms with Crippen molar-refractivity contribution in [3.05, 3.63) is 0 Å². The first-order valence-electron chi connectivity index (χ1n) is 6.59. The Balaban J connectivity index is 1.90. The zero-order valence-electron chi connectivity index (χ0n) is 10.8. The summed E-state index contributed by atoms with van der Waals surface area (Å²) in [5.41, 5.74) is 0.255. The third-order valence-electron chi connectivity index (χ3n) is 3.43. The van der Waals surface area contributed by atoms with Crippen molar-refractivity contribution in [3.63, 3.8) is 0 Å². The molecule has 100 valence electrons. The van der Waals surface area contributed by atoms with E-state index in [0.29, 0.717) is 6.42 Å². The molecule has 0 aromatic carbocycles. The molecule has 0 unspecified atom stereocenters. The van der Waals surface area contributed by atoms with Gasteiger partial charge in [0.15, 0.2) is 0 Å². The molecule has 0 bridgehead atoms. The molecule has 1 N–H and O–H groups in total. The van der Waals surface area contributed by atoms with Crippen LogP contribution in [0.1, 0.15) is 44.9 Å². The highest BCUT2D eigenvalue weighted by atomic mass is 32.2. The van der Waals surface area contributed by atoms with E-state index in [2.05, 4.69) is 24.2 Å². The van der Waals surface area contributed by atoms with Crippen LogP contribution < -0.4 is 5.32 Å². The highest BCUT2D eigenvalue weighted by Crippen LogP contribution is 2.49. The fraction of sp³-hybridized carbons (Fsp3) is 0.923. The summed E-state index contributed by atoms with van der Waals surface area (Å²) in [4.78, 5) is 11.6. The Labute approximate surface area is 115 Å². The first kappa shape index (κ1) is 15.2. The van der Waals surface area contributed by atoms with Gasteiger partial charge in [-0.3, -0.25) is 4.79 Å². The van der Waals surface area contributed by atoms with E-state index >= 15 is 0 Å². The minimum atomic E-state index is 0.223. The lowest BCUT2D eigenvalue weighted by atomic mass is 10.1. The van der Waals surface area contributed by atoms with Gasteiger partial charge in [-0.15, -0.1) is 0 Å². The second-order valence-corrected chi connectivity index (χ2v) is 6.39. The Kier molecular flexibility index (Phi) is 7.44. The summed E-state index contributed by atoms with van der Waals surface area (Å²) in [7, 11) is 0. The monoisotopic (exact) mass is 275 g/mol. The van der Waals surface area contributed by atoms with E-state index in [4.69, 9.17) is 0 Å². The number of carbonyl (C=O) groups excluding carboxylic acids is 1. The lowest BCUT2D eigenvalue weighted by Crippen LogP contribution is -2.27. The third kappa shape index (κ3) is 6.61. The molecule has 4 heteroatoms. The van der Waals surface area contributed by atoms with Crippen molar-refractivity contribution in [3.8, 4) is 0 Å². The second kappa shape index (κ2) is 8.30. The number of amides is 1. The molecule has 2 nitrogen and oxygen atoms in total. The maximum Gasteiger partial charge on any atom is 0.220 e. The fourth-order valence-electron chi connectivity index (χ4n) is 1.92. The Morgan fingerprint density at radius 2 is 2.00 bits per heavy atom. The molecular weight excluding hydrogens is 250 g/mol. The summed E-state index contributed by atoms with van der Waals surface area (Å²) in [6.07, 6.45) is 10.1. The quantitative estimate of drug-likeness (QED) is 0.474. The zero-order chi connectivity index (χ0) is 12.6. The highest BCUT2D eigenvalue weighted by molar-refractivity contribution is 7.98. The van der Waals surface area contributed by atoms with Gasteiger partial charge in [-0.2, -0.15) is 24.4 Å². The van der Waals surface area contributed by atoms with Crippen LogP contribution in [0.2, 0.25) is 0 Å². The predicted molar refractivity (Wildman–Crippen MR) is 80.0 cm³/mol. The summed E-state index contributed by atoms with van der Waals surface area (Å²) >= 11 is 6.22. The number of thiol groups is 1. The van der Waals surface area contributed by atoms with Crippen LogP contribution in [0.15, 0.2) is 0 Å². The number of nitrogens with one attached hydrogen (secondary N) is 1. The Morgan fingerprint density at radius 1 is 1.29 bits per heavy atom. The van der Waals surface area contributed by atoms with Crippen molar-refractivity contribution in [2.24, 2.45) is 5.41 Å². The second-order valence-electron chi connectivity index (χ2n) is 5.09. The van der Waals surface area contributed by atoms with E-state index < -0.39 is 0 Å². The van der Waals surface area contributed by atoms with Crippen molar-refractivity contribution in [2.75, 3.05) is 24.3 Å². The fourth-order valence-corrected chi connectivity index (χ4v) is 2.84. The molecule has 1 amide bonds. The van der Waals surface area contributed by atoms with Crippen LogP contribution in [0.4, 0.5) is 0 Å². The number of hydrogen-bond donors (Lipinski definition) is 2. The first-order chi connectivity index (χ1) is 8.22. The van der Waals surface area contributed by atoms with Gasteiger partial charge in [0.25, 0.3) is 0 Å². The molecule has 1 rings (SSSR count). The van der Waals surface area contributed by atoms with Gasteiger partial charge < -0.3 is 5.32 Å². The summed E-state index contributed by atoms with van der Waals surface area (Å²) in [6.45, 7) is 0.848. The maximum absolute atomic E-state index is 11.6. The Hall–Kier alpha value is 0.170. The first-order valence-corrected chi connectivity index (χ1v) is 8.61. The lowest BCUT2D eigenvalue weighted by Gasteiger charge is -2.11. The van der Waals surface area contributed by atoms with E-state index in [1.165, 1.54) is 37.9 Å². The molecule has 17 heavy (non-hydrogen) atoms. The third-order valence-corrected chi connectivity index (χ3v) is 4.79. The predicted octanol–water partition coefficient (Wildman–Crippen LogP) is 3.13. The van der Waals surface area contributed by atoms with E-state index in [1.54, 1.807) is 0 Å². The molecule has 0 heterocycles. The van der Waals surface area contributed by atoms with Crippen molar-refractivity contribution in [2.45, 2.75) is 44.9 Å². The number of unbranched alkanes of at least 4 members (excludes halogenated alkanes) is 3. The summed E-state index contributed by atoms with van der Waals surface area (Å²) in [6, 6.07) is 0. The van der Waals surface area contributed by atoms with Crippen LogP contribution in [0, 0.1) is 5.41 Å². The van der Waals surface area contributed by atoms with Crippen molar-refractivity contribution >= 4 is 30.3 Å². The van der Waals surface area contributed by atoms with Crippen LogP contribution in [-0.2, 0) is 4.79 Å². The minimum Gasteiger partial charge on any atom is -0.356 e. The molecule has 0 radical (unpaired) electrons. The molecule has 0 aromatic rings. The summed E-state index contributed by atoms with van der Waals surface area (Å²) < 4.78 is 0. The smallest absolute Gasteiger partial charge is 0.220 e. The van der Waals surface area contributed by atoms with Crippen LogP contribution in [0.3, 0.4) is 0 Å². The molecule has 0 aliphatic heterocycles. The standard InChI is InChI=1S/C13H25NOS2/c1-17-9-5-3-2-4-8-14-12(15)10-13(11-16)6-7-13/h16H,2-11H2,1H3,(H,14,15). The van der Waals surface area contributed by atoms with E-state index in [9.17, 15) is 4.79 Å². The van der Waals surface area contributed by atoms with Gasteiger partial charge in [-0.1, -0.05) is 12.8 Å². The minimum absolute atomic E-state index is 0.223. The molecule has 1 aliphatic carbocycles. The largest absolute Gasteiger partial charge is 0.356 e. The normalized spacial score (nSPS) is 16.8. The van der Waals surface area contributed by atoms with Gasteiger partial charge in [-0.25, -0.2) is 0 Å². The average Bonchev–Trinajstić information content (AvgIpc) is 3.08. The van der Waals surface area contributed by atoms with E-state index in [1.807, 2.05) is 11.8 Å². The van der Waals surface area contributed by atoms with Gasteiger partial charge in [0.05, 0.1) is 0 Å². The SMILES string of the molecule is CSCCCCCCNC(=O)CC1(CS)CC1. The molecule has 0 atom stereocenters. The summed E-state index contributed by atoms with van der Waals surface area (Å²) in [5, 5.41) is 3.03. The van der Waals surface area contributed by atoms with Crippen molar-refractivity contribution in [1.29, 1.82) is 0 Å². The molecule has 1 saturated carbocycles. The summed E-state index contributed by atoms with van der Waals surface area (Å²) in [5.74, 6) is 2.34. The van der Waals surface area contributed by atoms with Gasteiger partial charge in [0.2, 0.25) is 5.91 Å². The van der Waals surface area contributed by atoms with Crippen molar-refractivity contribution < 1.29 is 4.79 Å². The molecule has 0 saturated heterocycles. The molecular formula is C13H25NOS2. The molecule has 1 fully saturated rings. The molecule has 0 aromatic heterocycles. The lowest BCUT2D eigenvalue weighted by molar-refractivity contribution is -0.122. The van der Waals surface area contributed by atoms with Crippen molar-refractivity contribution in [1.82, 2.24) is 5.32 Å². The number of rotatable bonds is 10. The average molecular weight is 275 g/mol. The highest BCUT2D eigenvalue weighted by Gasteiger charge is 2.42. The topological polar surface area (TPSA) is 29.1 Å². The van der Waals surface area contributed by atoms with Crippen LogP contribution >= 0.6 is 24.4 Å². The van der Waals surface area contributed by atoms with Gasteiger partial charge in [0.1, 0.15) is 0 Å². The van der Waals surface area contributed by atoms with Crippen LogP contribution in [0.25, 0.3) is 0 Å². The number of thioether (sulfide) groups is 1. The zero-order valence-corrected chi connectivity index (χ0v) is 12.5. The van der Waals surface area contributed by atoms with E-state index in [-0.39, 0.29) is 11.3 Å². The molecule has 1 aliphatic rings. The van der Waals surface area contributed by atoms with Crippen LogP contribution in [-0.4, -0.2) is 30.2 Å². The van der Waals surface area contributed by atoms with Crippen LogP contribution in [0.5, 0.6) is 0 Å². The maximum atomic E-state index is 11.6. The van der Waals surface area contributed by atoms with E-state index in [0.717, 1.165) is 18.7 Å². The Morgan fingerprint density at radius 3 is 2.59 bits per heavy atom. The Bertz CT molecular complexity index is 229. The number of carbonyl (C=O) groups is 1. The van der Waals surface area contributed by atoms with Gasteiger partial charge in [0, 0.05) is 13.0 Å². The van der Waals surface area contributed by atoms with Gasteiger partial charge >= 0.3 is 0 Å².